The van der Waals surface area contributed by atoms with Crippen LogP contribution in [0.3, 0.4) is 0 Å². The second kappa shape index (κ2) is 16.2. The van der Waals surface area contributed by atoms with Gasteiger partial charge in [0.15, 0.2) is 0 Å². The van der Waals surface area contributed by atoms with Crippen molar-refractivity contribution in [2.45, 2.75) is 70.1 Å². The number of carbonyl (C=O) groups excluding carboxylic acids is 1. The highest BCUT2D eigenvalue weighted by atomic mass is 16.5. The van der Waals surface area contributed by atoms with Gasteiger partial charge >= 0.3 is 0 Å². The summed E-state index contributed by atoms with van der Waals surface area (Å²) >= 11 is 0. The standard InChI is InChI=1S/C33H49N3O6/c1-5-6-16-42-31-22-27(11-13-35-31)33(40-4)12-14-34-23-30(33)32(37)36(28-9-10-28)24-26-19-25(8-7-15-38-2)20-29(21-26)41-18-17-39-3/h11,13,19-22,28,30,34H,5-10,12,14-18,23-24H2,1-4H3. The normalized spacial score (nSPS) is 20.3. The van der Waals surface area contributed by atoms with Gasteiger partial charge in [0.1, 0.15) is 18.0 Å². The lowest BCUT2D eigenvalue weighted by Crippen LogP contribution is -2.56. The van der Waals surface area contributed by atoms with Crippen LogP contribution >= 0.6 is 0 Å². The van der Waals surface area contributed by atoms with Gasteiger partial charge in [0.2, 0.25) is 11.8 Å². The molecule has 1 saturated carbocycles. The van der Waals surface area contributed by atoms with Crippen LogP contribution in [0, 0.1) is 5.92 Å². The molecule has 0 spiro atoms. The Morgan fingerprint density at radius 2 is 1.81 bits per heavy atom. The van der Waals surface area contributed by atoms with E-state index in [2.05, 4.69) is 40.3 Å². The molecule has 232 valence electrons. The SMILES string of the molecule is CCCCOc1cc(C2(OC)CCNCC2C(=O)N(Cc2cc(CCCOC)cc(OCCOC)c2)C2CC2)ccn1. The van der Waals surface area contributed by atoms with Gasteiger partial charge in [-0.15, -0.1) is 0 Å². The highest BCUT2D eigenvalue weighted by molar-refractivity contribution is 5.81. The number of unbranched alkanes of at least 4 members (excludes halogenated alkanes) is 1. The highest BCUT2D eigenvalue weighted by Crippen LogP contribution is 2.42. The van der Waals surface area contributed by atoms with Crippen molar-refractivity contribution < 1.29 is 28.5 Å². The Bertz CT molecular complexity index is 1100. The van der Waals surface area contributed by atoms with Gasteiger partial charge in [-0.2, -0.15) is 0 Å². The average molecular weight is 584 g/mol. The quantitative estimate of drug-likeness (QED) is 0.257. The smallest absolute Gasteiger partial charge is 0.230 e. The Kier molecular flexibility index (Phi) is 12.4. The minimum atomic E-state index is -0.766. The summed E-state index contributed by atoms with van der Waals surface area (Å²) in [5.74, 6) is 1.11. The number of aromatic nitrogens is 1. The van der Waals surface area contributed by atoms with Crippen molar-refractivity contribution in [2.75, 3.05) is 60.8 Å². The van der Waals surface area contributed by atoms with Crippen molar-refractivity contribution in [3.63, 3.8) is 0 Å². The third-order valence-corrected chi connectivity index (χ3v) is 8.24. The molecule has 1 saturated heterocycles. The number of benzene rings is 1. The fourth-order valence-electron chi connectivity index (χ4n) is 5.81. The van der Waals surface area contributed by atoms with Gasteiger partial charge in [0, 0.05) is 59.3 Å². The van der Waals surface area contributed by atoms with Gasteiger partial charge in [0.05, 0.1) is 19.1 Å². The monoisotopic (exact) mass is 583 g/mol. The lowest BCUT2D eigenvalue weighted by Gasteiger charge is -2.44. The van der Waals surface area contributed by atoms with E-state index in [1.807, 2.05) is 12.1 Å². The van der Waals surface area contributed by atoms with Gasteiger partial charge in [-0.3, -0.25) is 4.79 Å². The summed E-state index contributed by atoms with van der Waals surface area (Å²) in [6.45, 7) is 6.29. The fraction of sp³-hybridized carbons (Fsp3) is 0.636. The maximum Gasteiger partial charge on any atom is 0.230 e. The Balaban J connectivity index is 1.59. The van der Waals surface area contributed by atoms with Crippen LogP contribution in [-0.4, -0.2) is 82.7 Å². The first kappa shape index (κ1) is 32.2. The molecule has 1 aromatic carbocycles. The van der Waals surface area contributed by atoms with E-state index in [0.29, 0.717) is 51.8 Å². The fourth-order valence-corrected chi connectivity index (χ4v) is 5.81. The van der Waals surface area contributed by atoms with Crippen molar-refractivity contribution in [1.82, 2.24) is 15.2 Å². The number of aryl methyl sites for hydroxylation is 1. The average Bonchev–Trinajstić information content (AvgIpc) is 3.86. The maximum atomic E-state index is 14.5. The molecule has 1 N–H and O–H groups in total. The lowest BCUT2D eigenvalue weighted by atomic mass is 9.75. The van der Waals surface area contributed by atoms with Gasteiger partial charge in [-0.25, -0.2) is 4.98 Å². The molecule has 2 fully saturated rings. The molecular formula is C33H49N3O6. The zero-order valence-electron chi connectivity index (χ0n) is 25.9. The minimum absolute atomic E-state index is 0.114. The summed E-state index contributed by atoms with van der Waals surface area (Å²) in [5.41, 5.74) is 2.42. The van der Waals surface area contributed by atoms with Crippen molar-refractivity contribution in [3.8, 4) is 11.6 Å². The second-order valence-corrected chi connectivity index (χ2v) is 11.3. The summed E-state index contributed by atoms with van der Waals surface area (Å²) in [5, 5.41) is 3.47. The molecule has 0 radical (unpaired) electrons. The summed E-state index contributed by atoms with van der Waals surface area (Å²) in [6, 6.07) is 10.5. The predicted molar refractivity (Wildman–Crippen MR) is 162 cm³/mol. The van der Waals surface area contributed by atoms with Gasteiger partial charge in [-0.1, -0.05) is 19.4 Å². The Morgan fingerprint density at radius 3 is 2.55 bits per heavy atom. The van der Waals surface area contributed by atoms with Crippen molar-refractivity contribution in [3.05, 3.63) is 53.2 Å². The molecule has 1 amide bonds. The maximum absolute atomic E-state index is 14.5. The molecule has 2 heterocycles. The zero-order valence-corrected chi connectivity index (χ0v) is 25.9. The van der Waals surface area contributed by atoms with E-state index < -0.39 is 5.60 Å². The number of ether oxygens (including phenoxy) is 5. The van der Waals surface area contributed by atoms with Crippen LogP contribution in [0.1, 0.15) is 62.1 Å². The second-order valence-electron chi connectivity index (χ2n) is 11.3. The van der Waals surface area contributed by atoms with Crippen molar-refractivity contribution in [1.29, 1.82) is 0 Å². The summed E-state index contributed by atoms with van der Waals surface area (Å²) in [7, 11) is 5.11. The summed E-state index contributed by atoms with van der Waals surface area (Å²) in [4.78, 5) is 21.0. The molecule has 1 aromatic heterocycles. The number of rotatable bonds is 18. The van der Waals surface area contributed by atoms with E-state index in [4.69, 9.17) is 23.7 Å². The van der Waals surface area contributed by atoms with Gasteiger partial charge < -0.3 is 33.9 Å². The van der Waals surface area contributed by atoms with Crippen LogP contribution in [0.5, 0.6) is 11.6 Å². The van der Waals surface area contributed by atoms with Crippen LogP contribution in [0.15, 0.2) is 36.5 Å². The summed E-state index contributed by atoms with van der Waals surface area (Å²) in [6.07, 6.45) is 8.30. The molecule has 9 nitrogen and oxygen atoms in total. The molecule has 2 aromatic rings. The third-order valence-electron chi connectivity index (χ3n) is 8.24. The van der Waals surface area contributed by atoms with E-state index in [0.717, 1.165) is 61.9 Å². The predicted octanol–water partition coefficient (Wildman–Crippen LogP) is 4.51. The molecule has 2 unspecified atom stereocenters. The van der Waals surface area contributed by atoms with Crippen LogP contribution in [0.25, 0.3) is 0 Å². The number of hydrogen-bond donors (Lipinski definition) is 1. The van der Waals surface area contributed by atoms with Crippen LogP contribution < -0.4 is 14.8 Å². The summed E-state index contributed by atoms with van der Waals surface area (Å²) < 4.78 is 28.7. The first-order chi connectivity index (χ1) is 20.5. The first-order valence-corrected chi connectivity index (χ1v) is 15.4. The van der Waals surface area contributed by atoms with E-state index in [9.17, 15) is 4.79 Å². The van der Waals surface area contributed by atoms with Crippen LogP contribution in [-0.2, 0) is 37.6 Å². The number of piperidine rings is 1. The van der Waals surface area contributed by atoms with E-state index in [1.165, 1.54) is 5.56 Å². The molecule has 0 bridgehead atoms. The first-order valence-electron chi connectivity index (χ1n) is 15.4. The molecule has 1 aliphatic heterocycles. The molecule has 1 aliphatic carbocycles. The Labute approximate surface area is 251 Å². The van der Waals surface area contributed by atoms with Gasteiger partial charge in [-0.05, 0) is 80.0 Å². The number of pyridine rings is 1. The molecule has 2 aliphatic rings. The van der Waals surface area contributed by atoms with E-state index in [1.54, 1.807) is 27.5 Å². The highest BCUT2D eigenvalue weighted by Gasteiger charge is 2.50. The molecule has 9 heteroatoms. The molecule has 42 heavy (non-hydrogen) atoms. The van der Waals surface area contributed by atoms with Gasteiger partial charge in [0.25, 0.3) is 0 Å². The minimum Gasteiger partial charge on any atom is -0.491 e. The number of amides is 1. The van der Waals surface area contributed by atoms with Crippen LogP contribution in [0.4, 0.5) is 0 Å². The number of hydrogen-bond acceptors (Lipinski definition) is 8. The Hall–Kier alpha value is -2.72. The van der Waals surface area contributed by atoms with Crippen molar-refractivity contribution in [2.24, 2.45) is 5.92 Å². The largest absolute Gasteiger partial charge is 0.491 e. The zero-order chi connectivity index (χ0) is 29.8. The Morgan fingerprint density at radius 1 is 1.00 bits per heavy atom. The molecule has 4 rings (SSSR count). The lowest BCUT2D eigenvalue weighted by molar-refractivity contribution is -0.155. The van der Waals surface area contributed by atoms with Crippen LogP contribution in [0.2, 0.25) is 0 Å². The number of methoxy groups -OCH3 is 3. The number of nitrogens with one attached hydrogen (secondary N) is 1. The molecule has 2 atom stereocenters. The number of nitrogens with zero attached hydrogens (tertiary/aromatic N) is 2. The number of carbonyl (C=O) groups is 1. The topological polar surface area (TPSA) is 91.4 Å². The van der Waals surface area contributed by atoms with E-state index >= 15 is 0 Å². The molecular weight excluding hydrogens is 534 g/mol. The van der Waals surface area contributed by atoms with Crippen molar-refractivity contribution >= 4 is 5.91 Å². The third kappa shape index (κ3) is 8.43. The van der Waals surface area contributed by atoms with E-state index in [-0.39, 0.29) is 17.9 Å².